The summed E-state index contributed by atoms with van der Waals surface area (Å²) in [5.74, 6) is 0. The summed E-state index contributed by atoms with van der Waals surface area (Å²) < 4.78 is 1.36. The molecule has 0 aliphatic carbocycles. The van der Waals surface area contributed by atoms with Gasteiger partial charge in [-0.3, -0.25) is 4.79 Å². The van der Waals surface area contributed by atoms with Gasteiger partial charge < -0.3 is 10.6 Å². The van der Waals surface area contributed by atoms with Crippen LogP contribution in [0.2, 0.25) is 5.02 Å². The molecule has 0 saturated heterocycles. The van der Waals surface area contributed by atoms with Gasteiger partial charge in [-0.05, 0) is 42.1 Å². The zero-order chi connectivity index (χ0) is 22.5. The number of benzene rings is 1. The van der Waals surface area contributed by atoms with Crippen molar-refractivity contribution >= 4 is 40.3 Å². The van der Waals surface area contributed by atoms with E-state index in [4.69, 9.17) is 11.6 Å². The van der Waals surface area contributed by atoms with E-state index in [0.29, 0.717) is 17.3 Å². The highest BCUT2D eigenvalue weighted by molar-refractivity contribution is 7.23. The first-order valence-corrected chi connectivity index (χ1v) is 11.9. The van der Waals surface area contributed by atoms with Gasteiger partial charge in [0.25, 0.3) is 5.56 Å². The molecular weight excluding hydrogens is 466 g/mol. The summed E-state index contributed by atoms with van der Waals surface area (Å²) >= 11 is 9.05. The third-order valence-electron chi connectivity index (χ3n) is 4.60. The van der Waals surface area contributed by atoms with Gasteiger partial charge in [0.15, 0.2) is 0 Å². The molecule has 7 nitrogen and oxygen atoms in total. The van der Waals surface area contributed by atoms with Crippen molar-refractivity contribution in [2.24, 2.45) is 0 Å². The molecule has 164 valence electrons. The van der Waals surface area contributed by atoms with Crippen LogP contribution in [0.3, 0.4) is 0 Å². The lowest BCUT2D eigenvalue weighted by Crippen LogP contribution is -2.38. The average molecular weight is 486 g/mol. The van der Waals surface area contributed by atoms with Gasteiger partial charge in [-0.1, -0.05) is 29.8 Å². The summed E-state index contributed by atoms with van der Waals surface area (Å²) in [6.07, 6.45) is 0. The first-order chi connectivity index (χ1) is 15.5. The molecule has 2 N–H and O–H groups in total. The van der Waals surface area contributed by atoms with E-state index in [-0.39, 0.29) is 24.7 Å². The van der Waals surface area contributed by atoms with E-state index in [9.17, 15) is 9.59 Å². The van der Waals surface area contributed by atoms with Crippen LogP contribution in [0.15, 0.2) is 58.7 Å². The number of hydrogen-bond donors (Lipinski definition) is 2. The molecule has 0 saturated carbocycles. The maximum absolute atomic E-state index is 12.2. The Bertz CT molecular complexity index is 1270. The molecule has 4 rings (SSSR count). The van der Waals surface area contributed by atoms with Crippen molar-refractivity contribution in [3.05, 3.63) is 80.5 Å². The number of carbonyl (C=O) groups excluding carboxylic acids is 1. The Kier molecular flexibility index (Phi) is 6.99. The van der Waals surface area contributed by atoms with Crippen LogP contribution in [0.4, 0.5) is 4.79 Å². The molecule has 0 aliphatic heterocycles. The zero-order valence-corrected chi connectivity index (χ0v) is 19.6. The van der Waals surface area contributed by atoms with E-state index in [1.54, 1.807) is 40.9 Å². The topological polar surface area (TPSA) is 88.9 Å². The Morgan fingerprint density at radius 1 is 1.12 bits per heavy atom. The summed E-state index contributed by atoms with van der Waals surface area (Å²) in [7, 11) is 0. The molecule has 0 aliphatic rings. The molecule has 0 atom stereocenters. The molecule has 1 aromatic carbocycles. The molecule has 0 fully saturated rings. The summed E-state index contributed by atoms with van der Waals surface area (Å²) in [5.41, 5.74) is 2.28. The SMILES string of the molecule is Cc1nc(-c2cccs2)sc1-c1ccc(=O)n(CCNC(=O)NCc2ccc(Cl)cc2)n1. The summed E-state index contributed by atoms with van der Waals surface area (Å²) in [6.45, 7) is 2.85. The highest BCUT2D eigenvalue weighted by Gasteiger charge is 2.14. The predicted molar refractivity (Wildman–Crippen MR) is 129 cm³/mol. The lowest BCUT2D eigenvalue weighted by molar-refractivity contribution is 0.240. The quantitative estimate of drug-likeness (QED) is 0.401. The maximum atomic E-state index is 12.2. The molecule has 0 spiro atoms. The van der Waals surface area contributed by atoms with Crippen LogP contribution >= 0.6 is 34.3 Å². The summed E-state index contributed by atoms with van der Waals surface area (Å²) in [4.78, 5) is 31.0. The second kappa shape index (κ2) is 10.1. The van der Waals surface area contributed by atoms with E-state index >= 15 is 0 Å². The van der Waals surface area contributed by atoms with Gasteiger partial charge in [-0.25, -0.2) is 14.5 Å². The van der Waals surface area contributed by atoms with Crippen LogP contribution < -0.4 is 16.2 Å². The van der Waals surface area contributed by atoms with Gasteiger partial charge in [0, 0.05) is 24.2 Å². The number of urea groups is 1. The van der Waals surface area contributed by atoms with Gasteiger partial charge in [0.2, 0.25) is 0 Å². The Hall–Kier alpha value is -3.01. The summed E-state index contributed by atoms with van der Waals surface area (Å²) in [5, 5.41) is 13.6. The van der Waals surface area contributed by atoms with Gasteiger partial charge >= 0.3 is 6.03 Å². The van der Waals surface area contributed by atoms with E-state index in [2.05, 4.69) is 20.7 Å². The van der Waals surface area contributed by atoms with Crippen molar-refractivity contribution in [3.8, 4) is 20.5 Å². The predicted octanol–water partition coefficient (Wildman–Crippen LogP) is 4.56. The van der Waals surface area contributed by atoms with Crippen LogP contribution in [-0.4, -0.2) is 27.3 Å². The van der Waals surface area contributed by atoms with Gasteiger partial charge in [0.1, 0.15) is 10.7 Å². The van der Waals surface area contributed by atoms with Crippen molar-refractivity contribution in [3.63, 3.8) is 0 Å². The maximum Gasteiger partial charge on any atom is 0.315 e. The Morgan fingerprint density at radius 3 is 2.69 bits per heavy atom. The van der Waals surface area contributed by atoms with Gasteiger partial charge in [-0.15, -0.1) is 22.7 Å². The number of rotatable bonds is 7. The van der Waals surface area contributed by atoms with Gasteiger partial charge in [-0.2, -0.15) is 5.10 Å². The molecule has 3 aromatic heterocycles. The standard InChI is InChI=1S/C22H20ClN5O2S2/c1-14-20(32-21(26-14)18-3-2-12-31-18)17-8-9-19(29)28(27-17)11-10-24-22(30)25-13-15-4-6-16(23)7-5-15/h2-9,12H,10-11,13H2,1H3,(H2,24,25,30). The third kappa shape index (κ3) is 5.42. The van der Waals surface area contributed by atoms with E-state index in [0.717, 1.165) is 26.0 Å². The molecule has 10 heteroatoms. The van der Waals surface area contributed by atoms with E-state index < -0.39 is 0 Å². The molecular formula is C22H20ClN5O2S2. The monoisotopic (exact) mass is 485 g/mol. The lowest BCUT2D eigenvalue weighted by atomic mass is 10.2. The number of amides is 2. The number of thiazole rings is 1. The molecule has 0 radical (unpaired) electrons. The number of halogens is 1. The van der Waals surface area contributed by atoms with E-state index in [1.165, 1.54) is 10.7 Å². The fraction of sp³-hybridized carbons (Fsp3) is 0.182. The smallest absolute Gasteiger partial charge is 0.315 e. The lowest BCUT2D eigenvalue weighted by Gasteiger charge is -2.09. The van der Waals surface area contributed by atoms with Crippen molar-refractivity contribution in [2.75, 3.05) is 6.54 Å². The molecule has 4 aromatic rings. The Balaban J connectivity index is 1.37. The van der Waals surface area contributed by atoms with Crippen molar-refractivity contribution < 1.29 is 4.79 Å². The zero-order valence-electron chi connectivity index (χ0n) is 17.2. The number of hydrogen-bond acceptors (Lipinski definition) is 6. The minimum atomic E-state index is -0.317. The van der Waals surface area contributed by atoms with Crippen LogP contribution in [-0.2, 0) is 13.1 Å². The normalized spacial score (nSPS) is 10.8. The molecule has 0 bridgehead atoms. The van der Waals surface area contributed by atoms with Crippen molar-refractivity contribution in [1.29, 1.82) is 0 Å². The fourth-order valence-corrected chi connectivity index (χ4v) is 4.95. The van der Waals surface area contributed by atoms with Crippen LogP contribution in [0.25, 0.3) is 20.5 Å². The number of thiophene rings is 1. The van der Waals surface area contributed by atoms with Crippen molar-refractivity contribution in [2.45, 2.75) is 20.0 Å². The highest BCUT2D eigenvalue weighted by Crippen LogP contribution is 2.35. The number of nitrogens with zero attached hydrogens (tertiary/aromatic N) is 3. The average Bonchev–Trinajstić information content (AvgIpc) is 3.45. The first kappa shape index (κ1) is 22.2. The second-order valence-electron chi connectivity index (χ2n) is 6.93. The van der Waals surface area contributed by atoms with E-state index in [1.807, 2.05) is 36.6 Å². The first-order valence-electron chi connectivity index (χ1n) is 9.85. The van der Waals surface area contributed by atoms with Crippen LogP contribution in [0, 0.1) is 6.92 Å². The third-order valence-corrected chi connectivity index (χ3v) is 7.07. The largest absolute Gasteiger partial charge is 0.336 e. The molecule has 2 amide bonds. The Labute approximate surface area is 197 Å². The number of aromatic nitrogens is 3. The second-order valence-corrected chi connectivity index (χ2v) is 9.31. The highest BCUT2D eigenvalue weighted by atomic mass is 35.5. The number of aryl methyl sites for hydroxylation is 1. The fourth-order valence-electron chi connectivity index (χ4n) is 2.99. The number of carbonyl (C=O) groups is 1. The van der Waals surface area contributed by atoms with Gasteiger partial charge in [0.05, 0.1) is 22.0 Å². The minimum absolute atomic E-state index is 0.224. The summed E-state index contributed by atoms with van der Waals surface area (Å²) in [6, 6.07) is 14.2. The van der Waals surface area contributed by atoms with Crippen molar-refractivity contribution in [1.82, 2.24) is 25.4 Å². The molecule has 0 unspecified atom stereocenters. The van der Waals surface area contributed by atoms with Crippen LogP contribution in [0.5, 0.6) is 0 Å². The molecule has 3 heterocycles. The minimum Gasteiger partial charge on any atom is -0.336 e. The Morgan fingerprint density at radius 2 is 1.94 bits per heavy atom. The molecule has 32 heavy (non-hydrogen) atoms. The number of nitrogens with one attached hydrogen (secondary N) is 2. The van der Waals surface area contributed by atoms with Crippen LogP contribution in [0.1, 0.15) is 11.3 Å².